The van der Waals surface area contributed by atoms with Gasteiger partial charge < -0.3 is 15.4 Å². The molecule has 2 amide bonds. The van der Waals surface area contributed by atoms with E-state index in [-0.39, 0.29) is 6.03 Å². The lowest BCUT2D eigenvalue weighted by Crippen LogP contribution is -2.20. The molecular weight excluding hydrogens is 404 g/mol. The number of esters is 1. The number of carbonyl (C=O) groups excluding carboxylic acids is 2. The van der Waals surface area contributed by atoms with Gasteiger partial charge in [-0.3, -0.25) is 4.68 Å². The Hall–Kier alpha value is -4.13. The van der Waals surface area contributed by atoms with Gasteiger partial charge in [0.2, 0.25) is 0 Å². The average molecular weight is 428 g/mol. The minimum Gasteiger partial charge on any atom is -0.465 e. The number of amides is 2. The standard InChI is InChI=1S/C25H24N4O3/c1-16-23(27-25(31)26-22-14-8-11-18-9-4-6-12-20(18)22)17(2)29(28-16)15-19-10-5-7-13-21(19)24(30)32-3/h4-14H,15H2,1-3H3,(H2,26,27,31). The molecule has 4 aromatic rings. The third kappa shape index (κ3) is 4.18. The van der Waals surface area contributed by atoms with Crippen LogP contribution in [0.15, 0.2) is 66.7 Å². The highest BCUT2D eigenvalue weighted by molar-refractivity contribution is 6.06. The summed E-state index contributed by atoms with van der Waals surface area (Å²) in [7, 11) is 1.36. The molecule has 4 rings (SSSR count). The van der Waals surface area contributed by atoms with Crippen molar-refractivity contribution in [3.05, 3.63) is 89.2 Å². The summed E-state index contributed by atoms with van der Waals surface area (Å²) in [5.41, 5.74) is 4.12. The molecule has 0 saturated carbocycles. The van der Waals surface area contributed by atoms with Crippen LogP contribution in [0.5, 0.6) is 0 Å². The van der Waals surface area contributed by atoms with Gasteiger partial charge in [0.05, 0.1) is 42.0 Å². The molecule has 1 aromatic heterocycles. The number of methoxy groups -OCH3 is 1. The molecule has 0 saturated heterocycles. The maximum absolute atomic E-state index is 12.8. The van der Waals surface area contributed by atoms with Crippen molar-refractivity contribution in [2.24, 2.45) is 0 Å². The van der Waals surface area contributed by atoms with Gasteiger partial charge in [0, 0.05) is 5.39 Å². The first-order chi connectivity index (χ1) is 15.5. The predicted octanol–water partition coefficient (Wildman–Crippen LogP) is 5.13. The lowest BCUT2D eigenvalue weighted by atomic mass is 10.1. The van der Waals surface area contributed by atoms with Crippen molar-refractivity contribution in [3.63, 3.8) is 0 Å². The van der Waals surface area contributed by atoms with E-state index >= 15 is 0 Å². The van der Waals surface area contributed by atoms with E-state index in [0.717, 1.165) is 27.7 Å². The van der Waals surface area contributed by atoms with Crippen molar-refractivity contribution >= 4 is 34.1 Å². The van der Waals surface area contributed by atoms with Crippen LogP contribution in [0.4, 0.5) is 16.2 Å². The van der Waals surface area contributed by atoms with Gasteiger partial charge in [0.25, 0.3) is 0 Å². The summed E-state index contributed by atoms with van der Waals surface area (Å²) in [5.74, 6) is -0.394. The van der Waals surface area contributed by atoms with Crippen LogP contribution in [0.25, 0.3) is 10.8 Å². The zero-order valence-corrected chi connectivity index (χ0v) is 18.2. The van der Waals surface area contributed by atoms with Crippen LogP contribution in [0.3, 0.4) is 0 Å². The first-order valence-electron chi connectivity index (χ1n) is 10.2. The third-order valence-corrected chi connectivity index (χ3v) is 5.40. The average Bonchev–Trinajstić information content (AvgIpc) is 3.06. The van der Waals surface area contributed by atoms with Gasteiger partial charge >= 0.3 is 12.0 Å². The summed E-state index contributed by atoms with van der Waals surface area (Å²) >= 11 is 0. The fraction of sp³-hybridized carbons (Fsp3) is 0.160. The molecule has 0 atom stereocenters. The minimum absolute atomic E-state index is 0.345. The normalized spacial score (nSPS) is 10.7. The fourth-order valence-corrected chi connectivity index (χ4v) is 3.76. The summed E-state index contributed by atoms with van der Waals surface area (Å²) in [6.45, 7) is 4.10. The maximum atomic E-state index is 12.8. The lowest BCUT2D eigenvalue weighted by molar-refractivity contribution is 0.0599. The molecule has 0 fully saturated rings. The van der Waals surface area contributed by atoms with Gasteiger partial charge in [-0.2, -0.15) is 5.10 Å². The van der Waals surface area contributed by atoms with E-state index in [4.69, 9.17) is 4.74 Å². The lowest BCUT2D eigenvalue weighted by Gasteiger charge is -2.11. The number of ether oxygens (including phenoxy) is 1. The van der Waals surface area contributed by atoms with Crippen LogP contribution in [0.1, 0.15) is 27.3 Å². The monoisotopic (exact) mass is 428 g/mol. The van der Waals surface area contributed by atoms with Crippen molar-refractivity contribution in [2.75, 3.05) is 17.7 Å². The highest BCUT2D eigenvalue weighted by Gasteiger charge is 2.17. The van der Waals surface area contributed by atoms with E-state index < -0.39 is 5.97 Å². The van der Waals surface area contributed by atoms with E-state index in [1.165, 1.54) is 7.11 Å². The van der Waals surface area contributed by atoms with Crippen molar-refractivity contribution in [1.82, 2.24) is 9.78 Å². The Morgan fingerprint density at radius 3 is 2.47 bits per heavy atom. The molecule has 0 spiro atoms. The summed E-state index contributed by atoms with van der Waals surface area (Å²) < 4.78 is 6.65. The van der Waals surface area contributed by atoms with E-state index in [1.54, 1.807) is 16.8 Å². The molecule has 3 aromatic carbocycles. The second-order valence-corrected chi connectivity index (χ2v) is 7.46. The second-order valence-electron chi connectivity index (χ2n) is 7.46. The summed E-state index contributed by atoms with van der Waals surface area (Å²) in [4.78, 5) is 24.8. The first kappa shape index (κ1) is 21.1. The van der Waals surface area contributed by atoms with Crippen molar-refractivity contribution in [3.8, 4) is 0 Å². The molecule has 32 heavy (non-hydrogen) atoms. The molecule has 0 aliphatic heterocycles. The Labute approximate surface area is 186 Å². The molecule has 0 aliphatic carbocycles. The van der Waals surface area contributed by atoms with Crippen LogP contribution in [-0.4, -0.2) is 28.9 Å². The van der Waals surface area contributed by atoms with Crippen LogP contribution in [0, 0.1) is 13.8 Å². The Bertz CT molecular complexity index is 1300. The summed E-state index contributed by atoms with van der Waals surface area (Å²) in [5, 5.41) is 12.4. The number of aromatic nitrogens is 2. The Morgan fingerprint density at radius 2 is 1.66 bits per heavy atom. The molecule has 0 radical (unpaired) electrons. The summed E-state index contributed by atoms with van der Waals surface area (Å²) in [6.07, 6.45) is 0. The number of aryl methyl sites for hydroxylation is 1. The van der Waals surface area contributed by atoms with E-state index in [9.17, 15) is 9.59 Å². The highest BCUT2D eigenvalue weighted by Crippen LogP contribution is 2.25. The minimum atomic E-state index is -0.394. The van der Waals surface area contributed by atoms with Crippen LogP contribution < -0.4 is 10.6 Å². The van der Waals surface area contributed by atoms with E-state index in [0.29, 0.717) is 23.5 Å². The smallest absolute Gasteiger partial charge is 0.338 e. The third-order valence-electron chi connectivity index (χ3n) is 5.40. The Morgan fingerprint density at radius 1 is 0.938 bits per heavy atom. The van der Waals surface area contributed by atoms with Crippen molar-refractivity contribution in [2.45, 2.75) is 20.4 Å². The molecule has 0 unspecified atom stereocenters. The van der Waals surface area contributed by atoms with E-state index in [2.05, 4.69) is 15.7 Å². The van der Waals surface area contributed by atoms with Crippen molar-refractivity contribution in [1.29, 1.82) is 0 Å². The van der Waals surface area contributed by atoms with Crippen LogP contribution in [-0.2, 0) is 11.3 Å². The quantitative estimate of drug-likeness (QED) is 0.432. The van der Waals surface area contributed by atoms with Gasteiger partial charge in [-0.05, 0) is 36.9 Å². The fourth-order valence-electron chi connectivity index (χ4n) is 3.76. The van der Waals surface area contributed by atoms with Gasteiger partial charge in [0.1, 0.15) is 0 Å². The molecule has 0 bridgehead atoms. The zero-order chi connectivity index (χ0) is 22.7. The topological polar surface area (TPSA) is 85.2 Å². The van der Waals surface area contributed by atoms with E-state index in [1.807, 2.05) is 68.4 Å². The Balaban J connectivity index is 1.55. The van der Waals surface area contributed by atoms with Gasteiger partial charge in [0.15, 0.2) is 0 Å². The Kier molecular flexibility index (Phi) is 5.89. The number of hydrogen-bond acceptors (Lipinski definition) is 4. The van der Waals surface area contributed by atoms with Gasteiger partial charge in [-0.1, -0.05) is 54.6 Å². The number of benzene rings is 3. The molecule has 162 valence electrons. The molecule has 7 nitrogen and oxygen atoms in total. The molecule has 1 heterocycles. The number of anilines is 2. The zero-order valence-electron chi connectivity index (χ0n) is 18.2. The van der Waals surface area contributed by atoms with Crippen LogP contribution in [0.2, 0.25) is 0 Å². The molecule has 7 heteroatoms. The second kappa shape index (κ2) is 8.93. The number of carbonyl (C=O) groups is 2. The number of fused-ring (bicyclic) bond motifs is 1. The molecule has 2 N–H and O–H groups in total. The first-order valence-corrected chi connectivity index (χ1v) is 10.2. The number of nitrogens with zero attached hydrogens (tertiary/aromatic N) is 2. The number of hydrogen-bond donors (Lipinski definition) is 2. The summed E-state index contributed by atoms with van der Waals surface area (Å²) in [6, 6.07) is 20.6. The number of rotatable bonds is 5. The van der Waals surface area contributed by atoms with Gasteiger partial charge in [-0.15, -0.1) is 0 Å². The maximum Gasteiger partial charge on any atom is 0.338 e. The largest absolute Gasteiger partial charge is 0.465 e. The molecule has 0 aliphatic rings. The van der Waals surface area contributed by atoms with Crippen LogP contribution >= 0.6 is 0 Å². The van der Waals surface area contributed by atoms with Crippen molar-refractivity contribution < 1.29 is 14.3 Å². The predicted molar refractivity (Wildman–Crippen MR) is 125 cm³/mol. The SMILES string of the molecule is COC(=O)c1ccccc1Cn1nc(C)c(NC(=O)Nc2cccc3ccccc23)c1C. The number of urea groups is 1. The van der Waals surface area contributed by atoms with Gasteiger partial charge in [-0.25, -0.2) is 9.59 Å². The number of nitrogens with one attached hydrogen (secondary N) is 2. The molecular formula is C25H24N4O3. The highest BCUT2D eigenvalue weighted by atomic mass is 16.5.